The molecule has 2 saturated carbocycles. The number of nitrogens with two attached hydrogens (primary N) is 1. The Balaban J connectivity index is 1.87. The van der Waals surface area contributed by atoms with Gasteiger partial charge in [-0.15, -0.1) is 12.3 Å². The van der Waals surface area contributed by atoms with Gasteiger partial charge in [-0.1, -0.05) is 54.4 Å². The van der Waals surface area contributed by atoms with E-state index in [4.69, 9.17) is 16.9 Å². The predicted octanol–water partition coefficient (Wildman–Crippen LogP) is 2.43. The number of likely N-dealkylation sites (tertiary alicyclic amines) is 1. The van der Waals surface area contributed by atoms with Gasteiger partial charge >= 0.3 is 12.0 Å². The van der Waals surface area contributed by atoms with Crippen molar-refractivity contribution in [3.05, 3.63) is 0 Å². The van der Waals surface area contributed by atoms with Gasteiger partial charge in [-0.3, -0.25) is 19.2 Å². The van der Waals surface area contributed by atoms with Crippen molar-refractivity contribution >= 4 is 35.5 Å². The van der Waals surface area contributed by atoms with Gasteiger partial charge in [0.25, 0.3) is 5.91 Å². The summed E-state index contributed by atoms with van der Waals surface area (Å²) in [6.45, 7) is 14.6. The van der Waals surface area contributed by atoms with Crippen LogP contribution in [0.3, 0.4) is 0 Å². The summed E-state index contributed by atoms with van der Waals surface area (Å²) in [6.07, 6.45) is 10.7. The van der Waals surface area contributed by atoms with Crippen LogP contribution in [0, 0.1) is 40.4 Å². The number of nitrogens with one attached hydrogen (secondary N) is 3. The molecule has 0 aromatic heterocycles. The van der Waals surface area contributed by atoms with Crippen LogP contribution >= 0.6 is 0 Å². The van der Waals surface area contributed by atoms with Crippen molar-refractivity contribution in [3.63, 3.8) is 0 Å². The lowest BCUT2D eigenvalue weighted by atomic mass is 9.75. The molecule has 1 heterocycles. The third-order valence-electron chi connectivity index (χ3n) is 9.49. The minimum Gasteiger partial charge on any atom is -0.461 e. The lowest BCUT2D eigenvalue weighted by Crippen LogP contribution is -2.62. The highest BCUT2D eigenvalue weighted by Crippen LogP contribution is 2.40. The second-order valence-electron chi connectivity index (χ2n) is 15.9. The van der Waals surface area contributed by atoms with Crippen LogP contribution in [-0.2, 0) is 28.7 Å². The van der Waals surface area contributed by atoms with E-state index in [1.807, 2.05) is 34.6 Å². The summed E-state index contributed by atoms with van der Waals surface area (Å²) in [7, 11) is 0. The maximum Gasteiger partial charge on any atom is 0.329 e. The van der Waals surface area contributed by atoms with Crippen molar-refractivity contribution in [2.75, 3.05) is 6.54 Å². The molecule has 0 spiro atoms. The van der Waals surface area contributed by atoms with Crippen LogP contribution in [0.4, 0.5) is 4.79 Å². The van der Waals surface area contributed by atoms with Crippen LogP contribution in [0.2, 0.25) is 0 Å². The molecule has 0 aromatic carbocycles. The highest BCUT2D eigenvalue weighted by molar-refractivity contribution is 6.37. The van der Waals surface area contributed by atoms with Crippen LogP contribution in [0.5, 0.6) is 0 Å². The first-order valence-corrected chi connectivity index (χ1v) is 16.4. The predicted molar refractivity (Wildman–Crippen MR) is 172 cm³/mol. The maximum atomic E-state index is 14.3. The van der Waals surface area contributed by atoms with E-state index in [-0.39, 0.29) is 25.0 Å². The number of nitrogens with zero attached hydrogens (tertiary/aromatic N) is 1. The summed E-state index contributed by atoms with van der Waals surface area (Å²) in [6, 6.07) is -4.98. The summed E-state index contributed by atoms with van der Waals surface area (Å²) in [5.74, 6) is -1.22. The van der Waals surface area contributed by atoms with E-state index >= 15 is 0 Å². The van der Waals surface area contributed by atoms with Crippen molar-refractivity contribution in [3.8, 4) is 12.3 Å². The van der Waals surface area contributed by atoms with E-state index in [9.17, 15) is 28.8 Å². The molecule has 12 nitrogen and oxygen atoms in total. The summed E-state index contributed by atoms with van der Waals surface area (Å²) in [4.78, 5) is 80.7. The van der Waals surface area contributed by atoms with Crippen molar-refractivity contribution in [1.29, 1.82) is 0 Å². The van der Waals surface area contributed by atoms with Gasteiger partial charge in [0.15, 0.2) is 0 Å². The Morgan fingerprint density at radius 2 is 1.43 bits per heavy atom. The number of ketones is 1. The van der Waals surface area contributed by atoms with Crippen molar-refractivity contribution in [2.24, 2.45) is 33.8 Å². The number of carbonyl (C=O) groups excluding carboxylic acids is 6. The van der Waals surface area contributed by atoms with Gasteiger partial charge in [0.05, 0.1) is 6.04 Å². The monoisotopic (exact) mass is 643 g/mol. The number of hydrogen-bond donors (Lipinski definition) is 4. The zero-order valence-electron chi connectivity index (χ0n) is 28.7. The molecule has 5 atom stereocenters. The highest BCUT2D eigenvalue weighted by Gasteiger charge is 2.51. The van der Waals surface area contributed by atoms with E-state index in [1.165, 1.54) is 4.90 Å². The molecule has 256 valence electrons. The Morgan fingerprint density at radius 1 is 0.870 bits per heavy atom. The van der Waals surface area contributed by atoms with E-state index in [1.54, 1.807) is 20.8 Å². The van der Waals surface area contributed by atoms with Gasteiger partial charge in [0.1, 0.15) is 24.2 Å². The van der Waals surface area contributed by atoms with Gasteiger partial charge in [0, 0.05) is 17.9 Å². The summed E-state index contributed by atoms with van der Waals surface area (Å²) >= 11 is 0. The minimum atomic E-state index is -1.14. The molecule has 46 heavy (non-hydrogen) atoms. The number of Topliss-reactive ketones (excluding diaryl/α,β-unsaturated/α-hetero) is 1. The Kier molecular flexibility index (Phi) is 11.2. The quantitative estimate of drug-likeness (QED) is 0.143. The zero-order valence-corrected chi connectivity index (χ0v) is 28.7. The number of hydrogen-bond acceptors (Lipinski definition) is 7. The molecule has 12 heteroatoms. The highest BCUT2D eigenvalue weighted by atomic mass is 16.5. The van der Waals surface area contributed by atoms with Gasteiger partial charge in [-0.25, -0.2) is 9.59 Å². The number of amides is 5. The van der Waals surface area contributed by atoms with Crippen LogP contribution in [-0.4, -0.2) is 77.2 Å². The summed E-state index contributed by atoms with van der Waals surface area (Å²) in [5, 5.41) is 8.21. The summed E-state index contributed by atoms with van der Waals surface area (Å²) < 4.78 is 5.59. The first-order valence-electron chi connectivity index (χ1n) is 16.4. The van der Waals surface area contributed by atoms with Gasteiger partial charge < -0.3 is 31.3 Å². The fraction of sp³-hybridized carbons (Fsp3) is 0.765. The third-order valence-corrected chi connectivity index (χ3v) is 9.49. The number of terminal acetylenes is 1. The zero-order chi connectivity index (χ0) is 34.8. The number of carbonyl (C=O) groups is 6. The smallest absolute Gasteiger partial charge is 0.329 e. The Morgan fingerprint density at radius 3 is 1.89 bits per heavy atom. The van der Waals surface area contributed by atoms with Crippen LogP contribution < -0.4 is 21.7 Å². The second kappa shape index (κ2) is 14.0. The maximum absolute atomic E-state index is 14.3. The number of rotatable bonds is 12. The minimum absolute atomic E-state index is 0.160. The molecule has 3 fully saturated rings. The number of esters is 1. The number of ether oxygens (including phenoxy) is 1. The second-order valence-corrected chi connectivity index (χ2v) is 15.9. The largest absolute Gasteiger partial charge is 0.461 e. The third kappa shape index (κ3) is 9.01. The van der Waals surface area contributed by atoms with Gasteiger partial charge in [0.2, 0.25) is 17.6 Å². The molecule has 1 unspecified atom stereocenters. The fourth-order valence-corrected chi connectivity index (χ4v) is 6.04. The first-order chi connectivity index (χ1) is 21.2. The molecule has 5 amide bonds. The van der Waals surface area contributed by atoms with Crippen LogP contribution in [0.1, 0.15) is 100 Å². The number of urea groups is 1. The van der Waals surface area contributed by atoms with Gasteiger partial charge in [-0.05, 0) is 62.7 Å². The topological polar surface area (TPSA) is 177 Å². The molecule has 3 rings (SSSR count). The van der Waals surface area contributed by atoms with Crippen molar-refractivity contribution < 1.29 is 33.5 Å². The normalized spacial score (nSPS) is 22.4. The molecule has 2 aliphatic carbocycles. The van der Waals surface area contributed by atoms with Crippen molar-refractivity contribution in [1.82, 2.24) is 20.9 Å². The average Bonchev–Trinajstić information content (AvgIpc) is 3.62. The Bertz CT molecular complexity index is 1250. The molecular formula is C34H53N5O7. The van der Waals surface area contributed by atoms with E-state index in [0.717, 1.165) is 32.1 Å². The summed E-state index contributed by atoms with van der Waals surface area (Å²) in [5.41, 5.74) is 3.01. The molecule has 0 aromatic rings. The van der Waals surface area contributed by atoms with Crippen LogP contribution in [0.25, 0.3) is 0 Å². The lowest BCUT2D eigenvalue weighted by Gasteiger charge is -2.39. The van der Waals surface area contributed by atoms with Crippen molar-refractivity contribution in [2.45, 2.75) is 131 Å². The van der Waals surface area contributed by atoms with E-state index in [0.29, 0.717) is 6.42 Å². The molecule has 0 bridgehead atoms. The molecule has 5 N–H and O–H groups in total. The first kappa shape index (κ1) is 36.8. The molecular weight excluding hydrogens is 590 g/mol. The standard InChI is InChI=1S/C34H53N5O7/c1-10-34(8,9)21-16-17-39(23(21)28(42)36-22(18-19-14-15-19)24(40)27(35)41)29(43)25(32(2,3)4)37-31(45)38-26(33(5,6)7)30(44)46-20-12-11-13-20/h1,19-23,25-26H,11-18H2,2-9H3,(H2,35,41)(H,36,42)(H2,37,38,45)/t21-,22?,23-,25+,26+/m0/s1. The Labute approximate surface area is 273 Å². The fourth-order valence-electron chi connectivity index (χ4n) is 6.04. The molecule has 3 aliphatic rings. The lowest BCUT2D eigenvalue weighted by molar-refractivity contribution is -0.158. The van der Waals surface area contributed by atoms with E-state index in [2.05, 4.69) is 21.9 Å². The SMILES string of the molecule is C#CC(C)(C)[C@H]1CCN(C(=O)[C@@H](NC(=O)N[C@H](C(=O)OC2CCC2)C(C)(C)C)C(C)(C)C)[C@@H]1C(=O)NC(CC1CC1)C(=O)C(N)=O. The molecule has 1 aliphatic heterocycles. The molecule has 0 radical (unpaired) electrons. The van der Waals surface area contributed by atoms with Gasteiger partial charge in [-0.2, -0.15) is 0 Å². The molecule has 1 saturated heterocycles. The Hall–Kier alpha value is -3.62. The van der Waals surface area contributed by atoms with E-state index < -0.39 is 81.8 Å². The van der Waals surface area contributed by atoms with Crippen LogP contribution in [0.15, 0.2) is 0 Å². The number of primary amides is 1. The average molecular weight is 644 g/mol.